The molecule has 3 rings (SSSR count). The molecule has 0 spiro atoms. The van der Waals surface area contributed by atoms with Crippen LogP contribution >= 0.6 is 0 Å². The van der Waals surface area contributed by atoms with E-state index in [-0.39, 0.29) is 0 Å². The van der Waals surface area contributed by atoms with Crippen molar-refractivity contribution in [2.75, 3.05) is 30.9 Å². The molecule has 1 heterocycles. The molecule has 0 radical (unpaired) electrons. The molecule has 19 heavy (non-hydrogen) atoms. The molecule has 98 valence electrons. The number of hydrogen-bond donors (Lipinski definition) is 1. The van der Waals surface area contributed by atoms with Crippen molar-refractivity contribution in [3.8, 4) is 5.75 Å². The smallest absolute Gasteiger partial charge is 0.122 e. The van der Waals surface area contributed by atoms with Crippen LogP contribution in [0, 0.1) is 0 Å². The summed E-state index contributed by atoms with van der Waals surface area (Å²) in [5.74, 6) is 1.03. The third-order valence-electron chi connectivity index (χ3n) is 3.58. The van der Waals surface area contributed by atoms with E-state index >= 15 is 0 Å². The zero-order valence-electron chi connectivity index (χ0n) is 11.3. The van der Waals surface area contributed by atoms with Gasteiger partial charge in [-0.2, -0.15) is 0 Å². The minimum Gasteiger partial charge on any atom is -0.493 e. The molecular formula is C16H18N2O. The minimum absolute atomic E-state index is 0.803. The van der Waals surface area contributed by atoms with E-state index in [9.17, 15) is 0 Å². The van der Waals surface area contributed by atoms with Gasteiger partial charge in [0.05, 0.1) is 6.61 Å². The highest BCUT2D eigenvalue weighted by Crippen LogP contribution is 2.32. The number of hydrogen-bond acceptors (Lipinski definition) is 3. The van der Waals surface area contributed by atoms with Crippen molar-refractivity contribution in [1.29, 1.82) is 0 Å². The Balaban J connectivity index is 1.92. The lowest BCUT2D eigenvalue weighted by Gasteiger charge is -2.21. The van der Waals surface area contributed by atoms with Gasteiger partial charge < -0.3 is 15.0 Å². The Morgan fingerprint density at radius 2 is 1.95 bits per heavy atom. The summed E-state index contributed by atoms with van der Waals surface area (Å²) in [7, 11) is 4.03. The van der Waals surface area contributed by atoms with E-state index in [1.165, 1.54) is 16.9 Å². The first-order valence-electron chi connectivity index (χ1n) is 6.55. The van der Waals surface area contributed by atoms with Crippen LogP contribution < -0.4 is 15.0 Å². The Morgan fingerprint density at radius 1 is 1.11 bits per heavy atom. The second-order valence-electron chi connectivity index (χ2n) is 4.75. The molecule has 3 nitrogen and oxygen atoms in total. The Bertz CT molecular complexity index is 595. The first-order chi connectivity index (χ1) is 9.28. The van der Waals surface area contributed by atoms with Gasteiger partial charge in [-0.05, 0) is 42.0 Å². The number of anilines is 3. The molecule has 0 bridgehead atoms. The summed E-state index contributed by atoms with van der Waals surface area (Å²) < 4.78 is 5.55. The fourth-order valence-corrected chi connectivity index (χ4v) is 2.40. The van der Waals surface area contributed by atoms with Crippen LogP contribution in [0.2, 0.25) is 0 Å². The Morgan fingerprint density at radius 3 is 2.79 bits per heavy atom. The molecule has 0 amide bonds. The Labute approximate surface area is 113 Å². The van der Waals surface area contributed by atoms with Crippen LogP contribution in [-0.2, 0) is 6.42 Å². The molecule has 2 aromatic rings. The van der Waals surface area contributed by atoms with Gasteiger partial charge in [-0.1, -0.05) is 6.07 Å². The number of benzene rings is 2. The molecule has 0 aliphatic carbocycles. The van der Waals surface area contributed by atoms with Gasteiger partial charge in [0.15, 0.2) is 0 Å². The summed E-state index contributed by atoms with van der Waals surface area (Å²) in [6.07, 6.45) is 1.01. The molecule has 1 aliphatic rings. The summed E-state index contributed by atoms with van der Waals surface area (Å²) in [5, 5.41) is 3.17. The molecule has 0 saturated carbocycles. The van der Waals surface area contributed by atoms with Crippen LogP contribution in [0.1, 0.15) is 5.56 Å². The predicted molar refractivity (Wildman–Crippen MR) is 79.7 cm³/mol. The van der Waals surface area contributed by atoms with E-state index in [1.54, 1.807) is 0 Å². The molecule has 0 unspecified atom stereocenters. The van der Waals surface area contributed by atoms with Crippen LogP contribution in [0.25, 0.3) is 0 Å². The molecule has 1 N–H and O–H groups in total. The van der Waals surface area contributed by atoms with Gasteiger partial charge in [0.25, 0.3) is 0 Å². The maximum absolute atomic E-state index is 5.55. The molecule has 0 saturated heterocycles. The van der Waals surface area contributed by atoms with E-state index in [0.717, 1.165) is 24.5 Å². The van der Waals surface area contributed by atoms with Crippen molar-refractivity contribution in [2.45, 2.75) is 6.42 Å². The Kier molecular flexibility index (Phi) is 3.03. The number of nitrogens with zero attached hydrogens (tertiary/aromatic N) is 1. The van der Waals surface area contributed by atoms with Crippen LogP contribution in [0.3, 0.4) is 0 Å². The van der Waals surface area contributed by atoms with Gasteiger partial charge >= 0.3 is 0 Å². The molecule has 0 atom stereocenters. The highest BCUT2D eigenvalue weighted by Gasteiger charge is 2.14. The van der Waals surface area contributed by atoms with Gasteiger partial charge in [0.1, 0.15) is 5.75 Å². The molecule has 0 fully saturated rings. The van der Waals surface area contributed by atoms with E-state index in [1.807, 2.05) is 7.05 Å². The second-order valence-corrected chi connectivity index (χ2v) is 4.75. The normalized spacial score (nSPS) is 12.7. The van der Waals surface area contributed by atoms with Gasteiger partial charge in [-0.3, -0.25) is 0 Å². The topological polar surface area (TPSA) is 24.5 Å². The molecular weight excluding hydrogens is 236 g/mol. The fraction of sp³-hybridized carbons (Fsp3) is 0.250. The average Bonchev–Trinajstić information content (AvgIpc) is 2.94. The van der Waals surface area contributed by atoms with Gasteiger partial charge in [0, 0.05) is 37.6 Å². The van der Waals surface area contributed by atoms with Crippen molar-refractivity contribution >= 4 is 17.1 Å². The van der Waals surface area contributed by atoms with Crippen molar-refractivity contribution in [3.63, 3.8) is 0 Å². The average molecular weight is 254 g/mol. The summed E-state index contributed by atoms with van der Waals surface area (Å²) in [6.45, 7) is 0.803. The molecule has 2 aromatic carbocycles. The quantitative estimate of drug-likeness (QED) is 0.908. The summed E-state index contributed by atoms with van der Waals surface area (Å²) in [6, 6.07) is 14.8. The van der Waals surface area contributed by atoms with Crippen molar-refractivity contribution in [1.82, 2.24) is 0 Å². The minimum atomic E-state index is 0.803. The molecule has 3 heteroatoms. The largest absolute Gasteiger partial charge is 0.493 e. The van der Waals surface area contributed by atoms with Crippen molar-refractivity contribution in [2.24, 2.45) is 0 Å². The summed E-state index contributed by atoms with van der Waals surface area (Å²) in [5.41, 5.74) is 4.78. The van der Waals surface area contributed by atoms with E-state index in [2.05, 4.69) is 59.7 Å². The third-order valence-corrected chi connectivity index (χ3v) is 3.58. The highest BCUT2D eigenvalue weighted by atomic mass is 16.5. The van der Waals surface area contributed by atoms with Crippen LogP contribution in [0.4, 0.5) is 17.1 Å². The zero-order valence-corrected chi connectivity index (χ0v) is 11.3. The van der Waals surface area contributed by atoms with Crippen LogP contribution in [0.5, 0.6) is 5.75 Å². The third kappa shape index (κ3) is 2.24. The van der Waals surface area contributed by atoms with Gasteiger partial charge in [-0.25, -0.2) is 0 Å². The van der Waals surface area contributed by atoms with Gasteiger partial charge in [-0.15, -0.1) is 0 Å². The first-order valence-corrected chi connectivity index (χ1v) is 6.55. The van der Waals surface area contributed by atoms with E-state index in [4.69, 9.17) is 4.74 Å². The lowest BCUT2D eigenvalue weighted by atomic mass is 10.1. The van der Waals surface area contributed by atoms with E-state index in [0.29, 0.717) is 0 Å². The summed E-state index contributed by atoms with van der Waals surface area (Å²) >= 11 is 0. The SMILES string of the molecule is CNc1cccc(N(C)c2ccc3c(c2)CCO3)c1. The lowest BCUT2D eigenvalue weighted by molar-refractivity contribution is 0.357. The number of ether oxygens (including phenoxy) is 1. The first kappa shape index (κ1) is 11.9. The summed E-state index contributed by atoms with van der Waals surface area (Å²) in [4.78, 5) is 2.19. The van der Waals surface area contributed by atoms with Crippen molar-refractivity contribution in [3.05, 3.63) is 48.0 Å². The predicted octanol–water partition coefficient (Wildman–Crippen LogP) is 3.43. The zero-order chi connectivity index (χ0) is 13.2. The number of nitrogens with one attached hydrogen (secondary N) is 1. The van der Waals surface area contributed by atoms with Gasteiger partial charge in [0.2, 0.25) is 0 Å². The Hall–Kier alpha value is -2.16. The van der Waals surface area contributed by atoms with E-state index < -0.39 is 0 Å². The number of fused-ring (bicyclic) bond motifs is 1. The maximum atomic E-state index is 5.55. The fourth-order valence-electron chi connectivity index (χ4n) is 2.40. The monoisotopic (exact) mass is 254 g/mol. The highest BCUT2D eigenvalue weighted by molar-refractivity contribution is 5.68. The second kappa shape index (κ2) is 4.84. The van der Waals surface area contributed by atoms with Crippen LogP contribution in [-0.4, -0.2) is 20.7 Å². The molecule has 0 aromatic heterocycles. The number of rotatable bonds is 3. The maximum Gasteiger partial charge on any atom is 0.122 e. The molecule has 1 aliphatic heterocycles. The van der Waals surface area contributed by atoms with Crippen molar-refractivity contribution < 1.29 is 4.74 Å². The lowest BCUT2D eigenvalue weighted by Crippen LogP contribution is -2.09. The standard InChI is InChI=1S/C16H18N2O/c1-17-13-4-3-5-14(11-13)18(2)15-6-7-16-12(10-15)8-9-19-16/h3-7,10-11,17H,8-9H2,1-2H3. The van der Waals surface area contributed by atoms with Crippen LogP contribution in [0.15, 0.2) is 42.5 Å².